The molecular formula is C27H32N4O4S. The van der Waals surface area contributed by atoms with E-state index < -0.39 is 10.2 Å². The van der Waals surface area contributed by atoms with Crippen molar-refractivity contribution in [1.82, 2.24) is 15.0 Å². The predicted molar refractivity (Wildman–Crippen MR) is 140 cm³/mol. The normalized spacial score (nSPS) is 19.9. The number of nitrogens with zero attached hydrogens (tertiary/aromatic N) is 1. The molecule has 1 aliphatic rings. The van der Waals surface area contributed by atoms with Crippen molar-refractivity contribution in [2.75, 3.05) is 18.4 Å². The van der Waals surface area contributed by atoms with Crippen LogP contribution in [0.15, 0.2) is 72.9 Å². The van der Waals surface area contributed by atoms with Gasteiger partial charge in [-0.3, -0.25) is 9.52 Å². The number of aromatic nitrogens is 1. The molecule has 1 aromatic heterocycles. The van der Waals surface area contributed by atoms with Crippen LogP contribution in [0.2, 0.25) is 0 Å². The standard InChI is InChI=1S/C27H32N4O4S/c1-20-12-13-25(28-18-20)31-36(33,34)30-22-14-16-27(17-15-22,21-8-4-3-5-9-21)19-29-26(32)23-10-6-7-11-24(23)35-2/h3-13,18,22,30H,14-17,19H2,1-2H3,(H,28,31)(H,29,32)/t22-,27-. The average Bonchev–Trinajstić information content (AvgIpc) is 2.89. The summed E-state index contributed by atoms with van der Waals surface area (Å²) in [6.45, 7) is 2.34. The number of carbonyl (C=O) groups excluding carboxylic acids is 1. The molecule has 8 nitrogen and oxygen atoms in total. The molecule has 0 atom stereocenters. The van der Waals surface area contributed by atoms with Gasteiger partial charge in [-0.2, -0.15) is 13.1 Å². The van der Waals surface area contributed by atoms with Crippen LogP contribution in [0.4, 0.5) is 5.82 Å². The van der Waals surface area contributed by atoms with Crippen molar-refractivity contribution in [3.05, 3.63) is 89.6 Å². The van der Waals surface area contributed by atoms with E-state index in [0.29, 0.717) is 30.7 Å². The molecule has 1 heterocycles. The van der Waals surface area contributed by atoms with Crippen LogP contribution in [0.25, 0.3) is 0 Å². The van der Waals surface area contributed by atoms with Crippen molar-refractivity contribution < 1.29 is 17.9 Å². The first-order valence-corrected chi connectivity index (χ1v) is 13.5. The fraction of sp³-hybridized carbons (Fsp3) is 0.333. The summed E-state index contributed by atoms with van der Waals surface area (Å²) in [6, 6.07) is 20.5. The number of hydrogen-bond donors (Lipinski definition) is 3. The molecule has 4 rings (SSSR count). The summed E-state index contributed by atoms with van der Waals surface area (Å²) in [5, 5.41) is 3.10. The number of amides is 1. The highest BCUT2D eigenvalue weighted by molar-refractivity contribution is 7.90. The lowest BCUT2D eigenvalue weighted by Crippen LogP contribution is -2.48. The summed E-state index contributed by atoms with van der Waals surface area (Å²) >= 11 is 0. The summed E-state index contributed by atoms with van der Waals surface area (Å²) in [5.74, 6) is 0.611. The van der Waals surface area contributed by atoms with Crippen molar-refractivity contribution in [1.29, 1.82) is 0 Å². The van der Waals surface area contributed by atoms with Crippen molar-refractivity contribution in [3.8, 4) is 5.75 Å². The molecule has 0 aliphatic heterocycles. The molecule has 9 heteroatoms. The molecule has 0 unspecified atom stereocenters. The Kier molecular flexibility index (Phi) is 7.91. The molecule has 1 amide bonds. The van der Waals surface area contributed by atoms with E-state index in [-0.39, 0.29) is 23.2 Å². The van der Waals surface area contributed by atoms with E-state index in [4.69, 9.17) is 4.74 Å². The van der Waals surface area contributed by atoms with Crippen molar-refractivity contribution in [3.63, 3.8) is 0 Å². The van der Waals surface area contributed by atoms with Crippen LogP contribution in [0.3, 0.4) is 0 Å². The molecule has 190 valence electrons. The Hall–Kier alpha value is -3.43. The van der Waals surface area contributed by atoms with Crippen LogP contribution in [-0.2, 0) is 15.6 Å². The first kappa shape index (κ1) is 25.7. The van der Waals surface area contributed by atoms with E-state index in [0.717, 1.165) is 24.0 Å². The number of para-hydroxylation sites is 1. The summed E-state index contributed by atoms with van der Waals surface area (Å²) in [7, 11) is -2.22. The molecule has 36 heavy (non-hydrogen) atoms. The van der Waals surface area contributed by atoms with E-state index in [1.165, 1.54) is 0 Å². The third kappa shape index (κ3) is 6.22. The maximum Gasteiger partial charge on any atom is 0.300 e. The van der Waals surface area contributed by atoms with Gasteiger partial charge in [0.2, 0.25) is 0 Å². The molecule has 0 saturated heterocycles. The Morgan fingerprint density at radius 1 is 1.03 bits per heavy atom. The third-order valence-electron chi connectivity index (χ3n) is 6.74. The molecule has 1 aliphatic carbocycles. The van der Waals surface area contributed by atoms with Gasteiger partial charge >= 0.3 is 10.2 Å². The molecule has 0 bridgehead atoms. The highest BCUT2D eigenvalue weighted by Gasteiger charge is 2.38. The van der Waals surface area contributed by atoms with Crippen LogP contribution >= 0.6 is 0 Å². The summed E-state index contributed by atoms with van der Waals surface area (Å²) < 4.78 is 36.0. The van der Waals surface area contributed by atoms with Crippen molar-refractivity contribution >= 4 is 21.9 Å². The molecule has 0 spiro atoms. The quantitative estimate of drug-likeness (QED) is 0.405. The molecule has 3 N–H and O–H groups in total. The van der Waals surface area contributed by atoms with E-state index in [1.807, 2.05) is 37.3 Å². The van der Waals surface area contributed by atoms with Gasteiger partial charge in [0.1, 0.15) is 11.6 Å². The highest BCUT2D eigenvalue weighted by atomic mass is 32.2. The minimum Gasteiger partial charge on any atom is -0.496 e. The molecule has 3 aromatic rings. The number of benzene rings is 2. The third-order valence-corrected chi connectivity index (χ3v) is 7.86. The lowest BCUT2D eigenvalue weighted by molar-refractivity contribution is 0.0932. The summed E-state index contributed by atoms with van der Waals surface area (Å²) in [6.07, 6.45) is 4.34. The Morgan fingerprint density at radius 3 is 2.39 bits per heavy atom. The molecular weight excluding hydrogens is 476 g/mol. The Bertz CT molecular complexity index is 1270. The molecule has 1 saturated carbocycles. The Labute approximate surface area is 212 Å². The number of carbonyl (C=O) groups is 1. The van der Waals surface area contributed by atoms with Gasteiger partial charge in [0.05, 0.1) is 12.7 Å². The smallest absolute Gasteiger partial charge is 0.300 e. The van der Waals surface area contributed by atoms with Gasteiger partial charge < -0.3 is 10.1 Å². The number of hydrogen-bond acceptors (Lipinski definition) is 5. The second kappa shape index (κ2) is 11.1. The topological polar surface area (TPSA) is 109 Å². The van der Waals surface area contributed by atoms with Gasteiger partial charge in [-0.25, -0.2) is 4.98 Å². The summed E-state index contributed by atoms with van der Waals surface area (Å²) in [4.78, 5) is 17.1. The fourth-order valence-corrected chi connectivity index (χ4v) is 5.87. The zero-order chi connectivity index (χ0) is 25.6. The van der Waals surface area contributed by atoms with Crippen LogP contribution in [0, 0.1) is 6.92 Å². The van der Waals surface area contributed by atoms with Gasteiger partial charge in [0, 0.05) is 24.2 Å². The zero-order valence-corrected chi connectivity index (χ0v) is 21.3. The van der Waals surface area contributed by atoms with E-state index >= 15 is 0 Å². The second-order valence-electron chi connectivity index (χ2n) is 9.25. The van der Waals surface area contributed by atoms with Crippen LogP contribution in [0.1, 0.15) is 47.2 Å². The van der Waals surface area contributed by atoms with Crippen LogP contribution < -0.4 is 19.5 Å². The summed E-state index contributed by atoms with van der Waals surface area (Å²) in [5.41, 5.74) is 2.27. The lowest BCUT2D eigenvalue weighted by atomic mass is 9.68. The number of ether oxygens (including phenoxy) is 1. The van der Waals surface area contributed by atoms with Crippen molar-refractivity contribution in [2.24, 2.45) is 0 Å². The second-order valence-corrected chi connectivity index (χ2v) is 10.7. The van der Waals surface area contributed by atoms with E-state index in [1.54, 1.807) is 37.6 Å². The first-order chi connectivity index (χ1) is 17.3. The number of nitrogens with one attached hydrogen (secondary N) is 3. The predicted octanol–water partition coefficient (Wildman–Crippen LogP) is 3.96. The van der Waals surface area contributed by atoms with E-state index in [9.17, 15) is 13.2 Å². The number of methoxy groups -OCH3 is 1. The highest BCUT2D eigenvalue weighted by Crippen LogP contribution is 2.39. The number of anilines is 1. The largest absolute Gasteiger partial charge is 0.496 e. The monoisotopic (exact) mass is 508 g/mol. The Morgan fingerprint density at radius 2 is 1.72 bits per heavy atom. The number of rotatable bonds is 9. The van der Waals surface area contributed by atoms with E-state index in [2.05, 4.69) is 31.9 Å². The van der Waals surface area contributed by atoms with Gasteiger partial charge in [-0.05, 0) is 61.9 Å². The first-order valence-electron chi connectivity index (χ1n) is 12.0. The zero-order valence-electron chi connectivity index (χ0n) is 20.5. The van der Waals surface area contributed by atoms with Crippen LogP contribution in [0.5, 0.6) is 5.75 Å². The molecule has 1 fully saturated rings. The average molecular weight is 509 g/mol. The minimum atomic E-state index is -3.76. The molecule has 2 aromatic carbocycles. The lowest BCUT2D eigenvalue weighted by Gasteiger charge is -2.41. The fourth-order valence-electron chi connectivity index (χ4n) is 4.74. The van der Waals surface area contributed by atoms with Crippen molar-refractivity contribution in [2.45, 2.75) is 44.1 Å². The Balaban J connectivity index is 1.44. The van der Waals surface area contributed by atoms with Gasteiger partial charge in [0.25, 0.3) is 5.91 Å². The van der Waals surface area contributed by atoms with Crippen LogP contribution in [-0.4, -0.2) is 39.0 Å². The maximum absolute atomic E-state index is 13.0. The SMILES string of the molecule is COc1ccccc1C(=O)NC[C@]1(c2ccccc2)CC[C@H](NS(=O)(=O)Nc2ccc(C)cn2)CC1. The van der Waals surface area contributed by atoms with Gasteiger partial charge in [-0.15, -0.1) is 0 Å². The maximum atomic E-state index is 13.0. The molecule has 0 radical (unpaired) electrons. The van der Waals surface area contributed by atoms with Gasteiger partial charge in [0.15, 0.2) is 0 Å². The minimum absolute atomic E-state index is 0.194. The number of pyridine rings is 1. The van der Waals surface area contributed by atoms with Gasteiger partial charge in [-0.1, -0.05) is 48.5 Å². The number of aryl methyl sites for hydroxylation is 1.